The Bertz CT molecular complexity index is 468. The van der Waals surface area contributed by atoms with Crippen molar-refractivity contribution in [1.29, 1.82) is 0 Å². The lowest BCUT2D eigenvalue weighted by Gasteiger charge is -2.20. The van der Waals surface area contributed by atoms with Crippen molar-refractivity contribution in [1.82, 2.24) is 10.2 Å². The van der Waals surface area contributed by atoms with Crippen LogP contribution in [0.5, 0.6) is 11.5 Å². The second kappa shape index (κ2) is 7.03. The first-order chi connectivity index (χ1) is 9.76. The second-order valence-corrected chi connectivity index (χ2v) is 4.83. The average Bonchev–Trinajstić information content (AvgIpc) is 2.99. The summed E-state index contributed by atoms with van der Waals surface area (Å²) in [5.41, 5.74) is 0.777. The van der Waals surface area contributed by atoms with E-state index in [0.29, 0.717) is 12.3 Å². The molecule has 5 heteroatoms. The number of para-hydroxylation sites is 1. The van der Waals surface area contributed by atoms with E-state index in [4.69, 9.17) is 4.74 Å². The number of guanidine groups is 1. The summed E-state index contributed by atoms with van der Waals surface area (Å²) in [7, 11) is 1.55. The molecule has 0 spiro atoms. The number of aliphatic imine (C=N–C) groups is 1. The van der Waals surface area contributed by atoms with E-state index in [-0.39, 0.29) is 5.75 Å². The Morgan fingerprint density at radius 3 is 2.80 bits per heavy atom. The molecule has 0 atom stereocenters. The Balaban J connectivity index is 2.12. The van der Waals surface area contributed by atoms with Crippen molar-refractivity contribution in [3.63, 3.8) is 0 Å². The fourth-order valence-electron chi connectivity index (χ4n) is 2.37. The first-order valence-electron chi connectivity index (χ1n) is 7.14. The van der Waals surface area contributed by atoms with Crippen molar-refractivity contribution >= 4 is 5.96 Å². The van der Waals surface area contributed by atoms with Crippen LogP contribution in [0.4, 0.5) is 0 Å². The van der Waals surface area contributed by atoms with Crippen molar-refractivity contribution in [2.45, 2.75) is 26.3 Å². The van der Waals surface area contributed by atoms with Gasteiger partial charge < -0.3 is 20.1 Å². The number of nitrogens with one attached hydrogen (secondary N) is 1. The van der Waals surface area contributed by atoms with Crippen LogP contribution in [-0.2, 0) is 6.54 Å². The van der Waals surface area contributed by atoms with Gasteiger partial charge in [-0.05, 0) is 25.8 Å². The van der Waals surface area contributed by atoms with Crippen LogP contribution in [-0.4, -0.2) is 42.7 Å². The van der Waals surface area contributed by atoms with Gasteiger partial charge in [0.15, 0.2) is 17.5 Å². The third-order valence-corrected chi connectivity index (χ3v) is 3.44. The predicted octanol–water partition coefficient (Wildman–Crippen LogP) is 1.96. The minimum Gasteiger partial charge on any atom is -0.504 e. The van der Waals surface area contributed by atoms with Crippen LogP contribution in [0.15, 0.2) is 23.2 Å². The maximum Gasteiger partial charge on any atom is 0.194 e. The van der Waals surface area contributed by atoms with Crippen LogP contribution >= 0.6 is 0 Å². The molecule has 1 heterocycles. The zero-order valence-electron chi connectivity index (χ0n) is 12.2. The van der Waals surface area contributed by atoms with Crippen molar-refractivity contribution in [2.24, 2.45) is 4.99 Å². The number of methoxy groups -OCH3 is 1. The molecule has 0 aliphatic carbocycles. The lowest BCUT2D eigenvalue weighted by molar-refractivity contribution is 0.370. The molecule has 0 radical (unpaired) electrons. The molecule has 1 aromatic carbocycles. The van der Waals surface area contributed by atoms with Crippen LogP contribution in [0.1, 0.15) is 25.3 Å². The highest BCUT2D eigenvalue weighted by Gasteiger charge is 2.15. The number of ether oxygens (including phenoxy) is 1. The van der Waals surface area contributed by atoms with Gasteiger partial charge in [0, 0.05) is 25.2 Å². The summed E-state index contributed by atoms with van der Waals surface area (Å²) in [6.07, 6.45) is 2.43. The number of aromatic hydroxyl groups is 1. The molecular formula is C15H23N3O2. The van der Waals surface area contributed by atoms with Gasteiger partial charge in [-0.25, -0.2) is 4.99 Å². The Morgan fingerprint density at radius 2 is 2.15 bits per heavy atom. The molecule has 0 saturated carbocycles. The normalized spacial score (nSPS) is 15.5. The van der Waals surface area contributed by atoms with Crippen LogP contribution in [0.25, 0.3) is 0 Å². The molecule has 1 saturated heterocycles. The number of nitrogens with zero attached hydrogens (tertiary/aromatic N) is 2. The van der Waals surface area contributed by atoms with Gasteiger partial charge in [-0.15, -0.1) is 0 Å². The molecule has 110 valence electrons. The second-order valence-electron chi connectivity index (χ2n) is 4.83. The van der Waals surface area contributed by atoms with Gasteiger partial charge in [0.1, 0.15) is 0 Å². The van der Waals surface area contributed by atoms with Crippen molar-refractivity contribution in [3.05, 3.63) is 23.8 Å². The number of benzene rings is 1. The quantitative estimate of drug-likeness (QED) is 0.652. The lowest BCUT2D eigenvalue weighted by atomic mass is 10.2. The largest absolute Gasteiger partial charge is 0.504 e. The van der Waals surface area contributed by atoms with Gasteiger partial charge in [0.25, 0.3) is 0 Å². The topological polar surface area (TPSA) is 57.1 Å². The molecule has 0 aromatic heterocycles. The van der Waals surface area contributed by atoms with E-state index in [1.54, 1.807) is 13.2 Å². The van der Waals surface area contributed by atoms with E-state index >= 15 is 0 Å². The van der Waals surface area contributed by atoms with Crippen molar-refractivity contribution in [2.75, 3.05) is 26.7 Å². The summed E-state index contributed by atoms with van der Waals surface area (Å²) in [5, 5.41) is 13.4. The average molecular weight is 277 g/mol. The Labute approximate surface area is 120 Å². The number of phenolic OH excluding ortho intramolecular Hbond substituents is 1. The van der Waals surface area contributed by atoms with Gasteiger partial charge in [0.2, 0.25) is 0 Å². The summed E-state index contributed by atoms with van der Waals surface area (Å²) < 4.78 is 5.12. The molecule has 0 bridgehead atoms. The summed E-state index contributed by atoms with van der Waals surface area (Å²) in [6, 6.07) is 5.48. The Hall–Kier alpha value is -1.91. The minimum absolute atomic E-state index is 0.177. The summed E-state index contributed by atoms with van der Waals surface area (Å²) >= 11 is 0. The highest BCUT2D eigenvalue weighted by Crippen LogP contribution is 2.29. The number of phenols is 1. The maximum atomic E-state index is 10.1. The van der Waals surface area contributed by atoms with Crippen molar-refractivity contribution in [3.8, 4) is 11.5 Å². The number of rotatable bonds is 4. The zero-order chi connectivity index (χ0) is 14.4. The minimum atomic E-state index is 0.177. The SMILES string of the molecule is CCNC(=NCc1cccc(OC)c1O)N1CCCC1. The molecule has 0 amide bonds. The monoisotopic (exact) mass is 277 g/mol. The van der Waals surface area contributed by atoms with Gasteiger partial charge in [-0.3, -0.25) is 0 Å². The standard InChI is InChI=1S/C15H23N3O2/c1-3-16-15(18-9-4-5-10-18)17-11-12-7-6-8-13(20-2)14(12)19/h6-8,19H,3-5,9-11H2,1-2H3,(H,16,17). The molecule has 5 nitrogen and oxygen atoms in total. The lowest BCUT2D eigenvalue weighted by Crippen LogP contribution is -2.39. The number of likely N-dealkylation sites (tertiary alicyclic amines) is 1. The van der Waals surface area contributed by atoms with Gasteiger partial charge in [-0.2, -0.15) is 0 Å². The fraction of sp³-hybridized carbons (Fsp3) is 0.533. The molecule has 1 aliphatic rings. The van der Waals surface area contributed by atoms with Gasteiger partial charge in [0.05, 0.1) is 13.7 Å². The first kappa shape index (κ1) is 14.5. The Morgan fingerprint density at radius 1 is 1.40 bits per heavy atom. The van der Waals surface area contributed by atoms with E-state index in [2.05, 4.69) is 22.1 Å². The molecule has 20 heavy (non-hydrogen) atoms. The smallest absolute Gasteiger partial charge is 0.194 e. The van der Waals surface area contributed by atoms with Crippen molar-refractivity contribution < 1.29 is 9.84 Å². The van der Waals surface area contributed by atoms with Gasteiger partial charge >= 0.3 is 0 Å². The highest BCUT2D eigenvalue weighted by molar-refractivity contribution is 5.80. The third-order valence-electron chi connectivity index (χ3n) is 3.44. The zero-order valence-corrected chi connectivity index (χ0v) is 12.2. The van der Waals surface area contributed by atoms with Crippen LogP contribution in [0.3, 0.4) is 0 Å². The van der Waals surface area contributed by atoms with Crippen LogP contribution < -0.4 is 10.1 Å². The molecule has 1 aromatic rings. The summed E-state index contributed by atoms with van der Waals surface area (Å²) in [6.45, 7) is 5.46. The molecular weight excluding hydrogens is 254 g/mol. The highest BCUT2D eigenvalue weighted by atomic mass is 16.5. The summed E-state index contributed by atoms with van der Waals surface area (Å²) in [4.78, 5) is 6.88. The predicted molar refractivity (Wildman–Crippen MR) is 80.3 cm³/mol. The fourth-order valence-corrected chi connectivity index (χ4v) is 2.37. The van der Waals surface area contributed by atoms with E-state index in [1.165, 1.54) is 12.8 Å². The molecule has 0 unspecified atom stereocenters. The first-order valence-corrected chi connectivity index (χ1v) is 7.14. The number of hydrogen-bond acceptors (Lipinski definition) is 3. The van der Waals surface area contributed by atoms with E-state index in [1.807, 2.05) is 12.1 Å². The van der Waals surface area contributed by atoms with Gasteiger partial charge in [-0.1, -0.05) is 12.1 Å². The van der Waals surface area contributed by atoms with E-state index in [9.17, 15) is 5.11 Å². The third kappa shape index (κ3) is 3.35. The molecule has 1 fully saturated rings. The maximum absolute atomic E-state index is 10.1. The summed E-state index contributed by atoms with van der Waals surface area (Å²) in [5.74, 6) is 1.59. The Kier molecular flexibility index (Phi) is 5.09. The van der Waals surface area contributed by atoms with Crippen LogP contribution in [0, 0.1) is 0 Å². The van der Waals surface area contributed by atoms with E-state index in [0.717, 1.165) is 31.2 Å². The molecule has 1 aliphatic heterocycles. The molecule has 2 rings (SSSR count). The van der Waals surface area contributed by atoms with E-state index < -0.39 is 0 Å². The molecule has 2 N–H and O–H groups in total. The van der Waals surface area contributed by atoms with Crippen LogP contribution in [0.2, 0.25) is 0 Å². The number of hydrogen-bond donors (Lipinski definition) is 2.